The van der Waals surface area contributed by atoms with Gasteiger partial charge in [0.15, 0.2) is 12.4 Å². The predicted molar refractivity (Wildman–Crippen MR) is 343 cm³/mol. The summed E-state index contributed by atoms with van der Waals surface area (Å²) in [6, 6.07) is -1.02. The van der Waals surface area contributed by atoms with Crippen LogP contribution in [0.2, 0.25) is 0 Å². The van der Waals surface area contributed by atoms with Crippen LogP contribution >= 0.6 is 0 Å². The van der Waals surface area contributed by atoms with Gasteiger partial charge in [0.05, 0.1) is 25.4 Å². The van der Waals surface area contributed by atoms with Crippen LogP contribution in [0, 0.1) is 0 Å². The summed E-state index contributed by atoms with van der Waals surface area (Å²) in [5, 5.41) is 57.2. The highest BCUT2D eigenvalue weighted by atomic mass is 16.7. The highest BCUT2D eigenvalue weighted by molar-refractivity contribution is 5.80. The number of aliphatic hydroxyl groups excluding tert-OH is 5. The maximum Gasteiger partial charge on any atom is 0.306 e. The second kappa shape index (κ2) is 59.7. The topological polar surface area (TPSA) is 175 Å². The molecule has 1 aliphatic rings. The van der Waals surface area contributed by atoms with Crippen molar-refractivity contribution in [1.29, 1.82) is 0 Å². The summed E-state index contributed by atoms with van der Waals surface area (Å²) in [5.41, 5.74) is 0. The Hall–Kier alpha value is -1.60. The van der Waals surface area contributed by atoms with Crippen LogP contribution in [0.15, 0.2) is 12.2 Å². The molecule has 11 nitrogen and oxygen atoms in total. The summed E-state index contributed by atoms with van der Waals surface area (Å²) >= 11 is 0. The van der Waals surface area contributed by atoms with Crippen LogP contribution in [0.25, 0.3) is 0 Å². The van der Waals surface area contributed by atoms with Crippen molar-refractivity contribution >= 4 is 11.9 Å². The maximum absolute atomic E-state index is 13.5. The molecular weight excluding hydrogens is 1030 g/mol. The first-order chi connectivity index (χ1) is 40.2. The normalized spacial score (nSPS) is 18.6. The molecule has 1 aliphatic heterocycles. The third-order valence-corrected chi connectivity index (χ3v) is 17.4. The van der Waals surface area contributed by atoms with Gasteiger partial charge in [-0.15, -0.1) is 0 Å². The Balaban J connectivity index is 2.53. The van der Waals surface area contributed by atoms with Crippen LogP contribution in [0.5, 0.6) is 0 Å². The van der Waals surface area contributed by atoms with Crippen LogP contribution in [0.3, 0.4) is 0 Å². The number of rotatable bonds is 63. The molecule has 0 radical (unpaired) electrons. The molecular formula is C71H137NO10. The first kappa shape index (κ1) is 78.4. The smallest absolute Gasteiger partial charge is 0.306 e. The Morgan fingerprint density at radius 3 is 1.15 bits per heavy atom. The van der Waals surface area contributed by atoms with Gasteiger partial charge in [0, 0.05) is 6.42 Å². The number of esters is 1. The SMILES string of the molecule is CCCCCCCCCCCC/C=C/C(O)C(COC1OC(CO)C(O)C(O)C1OC(=O)CCCCCCCCCCCCCCCCCCCCCCCCCCC)NC(=O)C(O)CCCCCCCCCCCCCCCCCC. The van der Waals surface area contributed by atoms with E-state index < -0.39 is 67.4 Å². The van der Waals surface area contributed by atoms with Crippen molar-refractivity contribution in [2.24, 2.45) is 0 Å². The Bertz CT molecular complexity index is 1380. The number of allylic oxidation sites excluding steroid dienone is 1. The summed E-state index contributed by atoms with van der Waals surface area (Å²) in [6.45, 7) is 5.86. The number of ether oxygens (including phenoxy) is 3. The number of nitrogens with one attached hydrogen (secondary N) is 1. The molecule has 0 bridgehead atoms. The van der Waals surface area contributed by atoms with Gasteiger partial charge >= 0.3 is 5.97 Å². The van der Waals surface area contributed by atoms with Crippen molar-refractivity contribution in [3.63, 3.8) is 0 Å². The van der Waals surface area contributed by atoms with Gasteiger partial charge in [0.1, 0.15) is 24.4 Å². The lowest BCUT2D eigenvalue weighted by Gasteiger charge is -2.41. The largest absolute Gasteiger partial charge is 0.454 e. The summed E-state index contributed by atoms with van der Waals surface area (Å²) in [5.74, 6) is -1.17. The van der Waals surface area contributed by atoms with Gasteiger partial charge in [-0.2, -0.15) is 0 Å². The molecule has 8 unspecified atom stereocenters. The molecule has 1 heterocycles. The molecule has 0 aromatic carbocycles. The molecule has 6 N–H and O–H groups in total. The van der Waals surface area contributed by atoms with Crippen molar-refractivity contribution in [3.05, 3.63) is 12.2 Å². The fourth-order valence-corrected chi connectivity index (χ4v) is 11.8. The summed E-state index contributed by atoms with van der Waals surface area (Å²) in [6.07, 6.45) is 59.8. The summed E-state index contributed by atoms with van der Waals surface area (Å²) in [7, 11) is 0. The zero-order valence-electron chi connectivity index (χ0n) is 54.1. The minimum Gasteiger partial charge on any atom is -0.454 e. The number of carbonyl (C=O) groups is 2. The molecule has 0 spiro atoms. The van der Waals surface area contributed by atoms with E-state index in [0.29, 0.717) is 19.3 Å². The standard InChI is InChI=1S/C71H137NO10/c1-4-7-10-13-16-19-22-25-27-29-30-31-32-33-34-35-36-37-39-41-44-47-50-53-56-59-66(76)82-69-68(78)67(77)65(60-73)81-71(69)80-61-62(63(74)57-54-51-48-45-42-24-21-18-15-12-9-6-3)72-70(79)64(75)58-55-52-49-46-43-40-38-28-26-23-20-17-14-11-8-5-2/h54,57,62-65,67-69,71,73-75,77-78H,4-53,55-56,58-61H2,1-3H3,(H,72,79)/b57-54+. The number of carbonyl (C=O) groups excluding carboxylic acids is 2. The van der Waals surface area contributed by atoms with Crippen LogP contribution in [-0.2, 0) is 23.8 Å². The van der Waals surface area contributed by atoms with Crippen LogP contribution in [0.1, 0.15) is 367 Å². The van der Waals surface area contributed by atoms with E-state index in [0.717, 1.165) is 57.8 Å². The number of hydrogen-bond donors (Lipinski definition) is 6. The van der Waals surface area contributed by atoms with E-state index in [9.17, 15) is 35.1 Å². The van der Waals surface area contributed by atoms with Gasteiger partial charge in [0.25, 0.3) is 0 Å². The Kier molecular flexibility index (Phi) is 57.1. The molecule has 11 heteroatoms. The number of amides is 1. The molecule has 0 saturated carbocycles. The Morgan fingerprint density at radius 2 is 0.793 bits per heavy atom. The van der Waals surface area contributed by atoms with Crippen molar-refractivity contribution in [1.82, 2.24) is 5.32 Å². The maximum atomic E-state index is 13.5. The van der Waals surface area contributed by atoms with Crippen LogP contribution < -0.4 is 5.32 Å². The Labute approximate surface area is 506 Å². The van der Waals surface area contributed by atoms with Crippen molar-refractivity contribution in [2.45, 2.75) is 416 Å². The fraction of sp³-hybridized carbons (Fsp3) is 0.944. The van der Waals surface area contributed by atoms with Gasteiger partial charge in [-0.3, -0.25) is 9.59 Å². The first-order valence-corrected chi connectivity index (χ1v) is 36.0. The molecule has 0 aliphatic carbocycles. The van der Waals surface area contributed by atoms with E-state index >= 15 is 0 Å². The molecule has 1 fully saturated rings. The molecule has 82 heavy (non-hydrogen) atoms. The van der Waals surface area contributed by atoms with Crippen LogP contribution in [-0.4, -0.2) is 99.6 Å². The fourth-order valence-electron chi connectivity index (χ4n) is 11.8. The highest BCUT2D eigenvalue weighted by Gasteiger charge is 2.47. The van der Waals surface area contributed by atoms with E-state index in [2.05, 4.69) is 26.1 Å². The predicted octanol–water partition coefficient (Wildman–Crippen LogP) is 18.2. The van der Waals surface area contributed by atoms with Gasteiger partial charge in [-0.25, -0.2) is 0 Å². The first-order valence-electron chi connectivity index (χ1n) is 36.0. The lowest BCUT2D eigenvalue weighted by Crippen LogP contribution is -2.61. The third kappa shape index (κ3) is 46.6. The van der Waals surface area contributed by atoms with Gasteiger partial charge < -0.3 is 45.1 Å². The monoisotopic (exact) mass is 1160 g/mol. The number of hydrogen-bond acceptors (Lipinski definition) is 10. The minimum atomic E-state index is -1.61. The molecule has 1 saturated heterocycles. The lowest BCUT2D eigenvalue weighted by molar-refractivity contribution is -0.305. The summed E-state index contributed by atoms with van der Waals surface area (Å²) < 4.78 is 17.7. The average Bonchev–Trinajstić information content (AvgIpc) is 3.45. The molecule has 1 amide bonds. The zero-order valence-corrected chi connectivity index (χ0v) is 54.1. The third-order valence-electron chi connectivity index (χ3n) is 17.4. The van der Waals surface area contributed by atoms with E-state index in [1.54, 1.807) is 6.08 Å². The van der Waals surface area contributed by atoms with Crippen molar-refractivity contribution < 1.29 is 49.3 Å². The van der Waals surface area contributed by atoms with Crippen molar-refractivity contribution in [2.75, 3.05) is 13.2 Å². The number of aliphatic hydroxyl groups is 5. The molecule has 486 valence electrons. The van der Waals surface area contributed by atoms with Gasteiger partial charge in [0.2, 0.25) is 5.91 Å². The molecule has 0 aromatic heterocycles. The second-order valence-electron chi connectivity index (χ2n) is 25.3. The molecule has 1 rings (SSSR count). The van der Waals surface area contributed by atoms with E-state index in [1.807, 2.05) is 6.08 Å². The Morgan fingerprint density at radius 1 is 0.463 bits per heavy atom. The quantitative estimate of drug-likeness (QED) is 0.0195. The van der Waals surface area contributed by atoms with Crippen LogP contribution in [0.4, 0.5) is 0 Å². The van der Waals surface area contributed by atoms with E-state index in [4.69, 9.17) is 14.2 Å². The average molecular weight is 1160 g/mol. The molecule has 8 atom stereocenters. The van der Waals surface area contributed by atoms with E-state index in [-0.39, 0.29) is 13.0 Å². The molecule has 0 aromatic rings. The van der Waals surface area contributed by atoms with Gasteiger partial charge in [-0.05, 0) is 25.7 Å². The van der Waals surface area contributed by atoms with E-state index in [1.165, 1.54) is 263 Å². The zero-order chi connectivity index (χ0) is 59.6. The van der Waals surface area contributed by atoms with Crippen molar-refractivity contribution in [3.8, 4) is 0 Å². The highest BCUT2D eigenvalue weighted by Crippen LogP contribution is 2.27. The lowest BCUT2D eigenvalue weighted by atomic mass is 9.99. The summed E-state index contributed by atoms with van der Waals surface area (Å²) in [4.78, 5) is 26.7. The second-order valence-corrected chi connectivity index (χ2v) is 25.3. The minimum absolute atomic E-state index is 0.132. The van der Waals surface area contributed by atoms with Gasteiger partial charge in [-0.1, -0.05) is 348 Å². The number of unbranched alkanes of at least 4 members (excludes halogenated alkanes) is 49.